The molecule has 0 aliphatic carbocycles. The molecule has 0 unspecified atom stereocenters. The number of esters is 1. The number of fused-ring (bicyclic) bond motifs is 1. The molecule has 2 aliphatic heterocycles. The number of rotatable bonds is 6. The van der Waals surface area contributed by atoms with E-state index in [1.165, 1.54) is 38.6 Å². The third-order valence-corrected chi connectivity index (χ3v) is 12.2. The van der Waals surface area contributed by atoms with E-state index in [1.807, 2.05) is 0 Å². The van der Waals surface area contributed by atoms with Crippen LogP contribution in [0.1, 0.15) is 84.2 Å². The number of aliphatic hydroxyl groups is 2. The van der Waals surface area contributed by atoms with Gasteiger partial charge in [0.2, 0.25) is 0 Å². The number of benzene rings is 2. The van der Waals surface area contributed by atoms with Crippen LogP contribution in [0.15, 0.2) is 36.1 Å². The molecular formula is C42H55N3O11S. The van der Waals surface area contributed by atoms with Crippen LogP contribution in [0, 0.1) is 30.6 Å². The number of phenols is 2. The van der Waals surface area contributed by atoms with Crippen LogP contribution < -0.4 is 15.4 Å². The summed E-state index contributed by atoms with van der Waals surface area (Å²) in [6.07, 6.45) is 5.72. The minimum absolute atomic E-state index is 0.00481. The SMILES string of the molecule is CCCCNc1nc2c(s1)c1c(O)c3c(O)c(C)c4c(c32)C(=O)[C@@](C)(O/C=C\[C@H](OC)[C@@H](C)[C@@H](OC(C)=O)[C@H](C)[C@H](O)[C@H](C)[C@@H](O)[C@@H](C)/C=C\C=C(\C)C(=O)N1)O4. The molecule has 15 heteroatoms. The van der Waals surface area contributed by atoms with E-state index in [-0.39, 0.29) is 50.2 Å². The number of hydrogen-bond acceptors (Lipinski definition) is 14. The third-order valence-electron chi connectivity index (χ3n) is 11.2. The Morgan fingerprint density at radius 3 is 2.39 bits per heavy atom. The number of nitrogens with one attached hydrogen (secondary N) is 2. The van der Waals surface area contributed by atoms with E-state index in [9.17, 15) is 34.8 Å². The largest absolute Gasteiger partial charge is 0.507 e. The number of Topliss-reactive ketones (excluding diaryl/α,β-unsaturated/α-hetero) is 1. The molecule has 2 aliphatic rings. The average Bonchev–Trinajstić information content (AvgIpc) is 3.71. The lowest BCUT2D eigenvalue weighted by Gasteiger charge is -2.38. The zero-order chi connectivity index (χ0) is 42.1. The predicted molar refractivity (Wildman–Crippen MR) is 219 cm³/mol. The average molecular weight is 810 g/mol. The highest BCUT2D eigenvalue weighted by atomic mass is 32.1. The smallest absolute Gasteiger partial charge is 0.312 e. The fourth-order valence-electron chi connectivity index (χ4n) is 7.57. The third kappa shape index (κ3) is 8.34. The highest BCUT2D eigenvalue weighted by Gasteiger charge is 2.49. The number of ether oxygens (including phenoxy) is 4. The molecule has 3 aromatic rings. The Morgan fingerprint density at radius 2 is 1.74 bits per heavy atom. The number of carbonyl (C=O) groups is 3. The van der Waals surface area contributed by atoms with Crippen LogP contribution in [0.5, 0.6) is 17.2 Å². The predicted octanol–water partition coefficient (Wildman–Crippen LogP) is 6.87. The number of aromatic hydroxyl groups is 2. The number of ketones is 1. The molecule has 0 fully saturated rings. The maximum absolute atomic E-state index is 14.5. The summed E-state index contributed by atoms with van der Waals surface area (Å²) in [7, 11) is 1.46. The number of unbranched alkanes of at least 4 members (excludes halogenated alkanes) is 1. The van der Waals surface area contributed by atoms with Crippen LogP contribution in [0.2, 0.25) is 0 Å². The van der Waals surface area contributed by atoms with Crippen molar-refractivity contribution >= 4 is 60.8 Å². The van der Waals surface area contributed by atoms with Gasteiger partial charge in [0.1, 0.15) is 23.3 Å². The summed E-state index contributed by atoms with van der Waals surface area (Å²) < 4.78 is 24.1. The van der Waals surface area contributed by atoms with Gasteiger partial charge in [0.25, 0.3) is 11.7 Å². The first-order valence-corrected chi connectivity index (χ1v) is 20.1. The Morgan fingerprint density at radius 1 is 1.04 bits per heavy atom. The van der Waals surface area contributed by atoms with Crippen molar-refractivity contribution in [3.05, 3.63) is 47.3 Å². The van der Waals surface area contributed by atoms with Crippen molar-refractivity contribution in [2.45, 2.75) is 105 Å². The quantitative estimate of drug-likeness (QED) is 0.0856. The highest BCUT2D eigenvalue weighted by Crippen LogP contribution is 2.55. The van der Waals surface area contributed by atoms with Gasteiger partial charge in [-0.05, 0) is 26.3 Å². The van der Waals surface area contributed by atoms with Crippen LogP contribution >= 0.6 is 11.3 Å². The topological polar surface area (TPSA) is 206 Å². The Hall–Kier alpha value is -4.70. The number of thiazole rings is 1. The van der Waals surface area contributed by atoms with Gasteiger partial charge in [-0.15, -0.1) is 0 Å². The molecule has 57 heavy (non-hydrogen) atoms. The monoisotopic (exact) mass is 809 g/mol. The van der Waals surface area contributed by atoms with Crippen molar-refractivity contribution in [1.82, 2.24) is 4.98 Å². The lowest BCUT2D eigenvalue weighted by Crippen LogP contribution is -2.46. The van der Waals surface area contributed by atoms with Gasteiger partial charge in [-0.3, -0.25) is 14.4 Å². The molecule has 3 heterocycles. The number of nitrogens with zero attached hydrogens (tertiary/aromatic N) is 1. The van der Waals surface area contributed by atoms with Crippen LogP contribution in [0.3, 0.4) is 0 Å². The van der Waals surface area contributed by atoms with Crippen molar-refractivity contribution in [3.8, 4) is 17.2 Å². The van der Waals surface area contributed by atoms with Gasteiger partial charge in [-0.1, -0.05) is 70.6 Å². The second kappa shape index (κ2) is 17.4. The van der Waals surface area contributed by atoms with Gasteiger partial charge in [0.05, 0.1) is 45.7 Å². The number of methoxy groups -OCH3 is 1. The summed E-state index contributed by atoms with van der Waals surface area (Å²) in [5.74, 6) is -6.82. The van der Waals surface area contributed by atoms with Gasteiger partial charge < -0.3 is 50.0 Å². The zero-order valence-electron chi connectivity index (χ0n) is 34.1. The summed E-state index contributed by atoms with van der Waals surface area (Å²) in [5.41, 5.74) is 0.704. The summed E-state index contributed by atoms with van der Waals surface area (Å²) in [5, 5.41) is 53.0. The Balaban J connectivity index is 1.72. The zero-order valence-corrected chi connectivity index (χ0v) is 34.9. The van der Waals surface area contributed by atoms with E-state index in [1.54, 1.807) is 65.8 Å². The summed E-state index contributed by atoms with van der Waals surface area (Å²) in [4.78, 5) is 45.4. The van der Waals surface area contributed by atoms with Crippen LogP contribution in [0.25, 0.3) is 21.0 Å². The molecule has 5 rings (SSSR count). The van der Waals surface area contributed by atoms with E-state index in [0.29, 0.717) is 16.4 Å². The van der Waals surface area contributed by atoms with Crippen LogP contribution in [0.4, 0.5) is 10.8 Å². The van der Waals surface area contributed by atoms with E-state index < -0.39 is 77.3 Å². The van der Waals surface area contributed by atoms with Crippen LogP contribution in [-0.4, -0.2) is 86.9 Å². The minimum atomic E-state index is -1.94. The van der Waals surface area contributed by atoms with Gasteiger partial charge >= 0.3 is 11.8 Å². The minimum Gasteiger partial charge on any atom is -0.507 e. The molecule has 0 saturated carbocycles. The van der Waals surface area contributed by atoms with E-state index in [4.69, 9.17) is 23.9 Å². The molecule has 2 aromatic carbocycles. The number of amides is 1. The standard InChI is InChI=1S/C42H55N3O11S/c1-11-12-17-43-41-45-30-27-28-34(49)24(7)37-29(27)39(51)42(9,56-37)54-18-16-26(53-10)21(4)36(55-25(8)46)23(6)33(48)22(5)32(47)19(2)14-13-15-20(3)40(52)44-31(35(28)50)38(30)57-41/h13-16,18-19,21-23,26,32-33,36,47-50H,11-12,17H2,1-10H3,(H,43,45)(H,44,52)/b14-13-,18-16-,20-15-/t19-,21+,22+,23+,26-,32-,33+,36+,42-/m0/s1. The first-order chi connectivity index (χ1) is 26.9. The summed E-state index contributed by atoms with van der Waals surface area (Å²) in [6, 6.07) is 0. The van der Waals surface area contributed by atoms with E-state index >= 15 is 0 Å². The number of carbonyl (C=O) groups excluding carboxylic acids is 3. The van der Waals surface area contributed by atoms with Crippen molar-refractivity contribution in [1.29, 1.82) is 0 Å². The second-order valence-corrected chi connectivity index (χ2v) is 16.3. The molecule has 4 bridgehead atoms. The lowest BCUT2D eigenvalue weighted by atomic mass is 9.78. The summed E-state index contributed by atoms with van der Waals surface area (Å²) in [6.45, 7) is 15.5. The van der Waals surface area contributed by atoms with E-state index in [2.05, 4.69) is 17.6 Å². The molecular weight excluding hydrogens is 755 g/mol. The molecule has 0 spiro atoms. The number of aliphatic hydroxyl groups excluding tert-OH is 2. The van der Waals surface area contributed by atoms with Crippen molar-refractivity contribution < 1.29 is 53.8 Å². The fourth-order valence-corrected chi connectivity index (χ4v) is 8.57. The van der Waals surface area contributed by atoms with E-state index in [0.717, 1.165) is 12.8 Å². The molecule has 310 valence electrons. The highest BCUT2D eigenvalue weighted by molar-refractivity contribution is 7.23. The van der Waals surface area contributed by atoms with Gasteiger partial charge in [0.15, 0.2) is 10.9 Å². The van der Waals surface area contributed by atoms with Gasteiger partial charge in [-0.25, -0.2) is 4.98 Å². The van der Waals surface area contributed by atoms with Crippen molar-refractivity contribution in [3.63, 3.8) is 0 Å². The molecule has 1 amide bonds. The Kier molecular flexibility index (Phi) is 13.3. The molecule has 0 saturated heterocycles. The fraction of sp³-hybridized carbons (Fsp3) is 0.524. The lowest BCUT2D eigenvalue weighted by molar-refractivity contribution is -0.160. The second-order valence-electron chi connectivity index (χ2n) is 15.3. The number of phenolic OH excluding ortho intramolecular Hbond substituents is 2. The van der Waals surface area contributed by atoms with Crippen molar-refractivity contribution in [2.24, 2.45) is 23.7 Å². The maximum atomic E-state index is 14.5. The first-order valence-electron chi connectivity index (χ1n) is 19.3. The summed E-state index contributed by atoms with van der Waals surface area (Å²) >= 11 is 1.18. The molecule has 9 atom stereocenters. The first kappa shape index (κ1) is 43.4. The van der Waals surface area contributed by atoms with Crippen molar-refractivity contribution in [2.75, 3.05) is 24.3 Å². The van der Waals surface area contributed by atoms with Crippen LogP contribution in [-0.2, 0) is 23.8 Å². The molecule has 1 aromatic heterocycles. The molecule has 14 nitrogen and oxygen atoms in total. The number of hydrogen-bond donors (Lipinski definition) is 6. The van der Waals surface area contributed by atoms with Gasteiger partial charge in [0, 0.05) is 67.7 Å². The molecule has 0 radical (unpaired) electrons. The number of anilines is 2. The normalized spacial score (nSPS) is 30.7. The Labute approximate surface area is 336 Å². The maximum Gasteiger partial charge on any atom is 0.312 e. The Bertz CT molecular complexity index is 2130. The number of aromatic nitrogens is 1. The molecule has 6 N–H and O–H groups in total. The van der Waals surface area contributed by atoms with Gasteiger partial charge in [-0.2, -0.15) is 0 Å². The number of allylic oxidation sites excluding steroid dienone is 2.